The molecule has 0 aliphatic carbocycles. The topological polar surface area (TPSA) is 68.0 Å². The van der Waals surface area contributed by atoms with Gasteiger partial charge in [0.15, 0.2) is 5.15 Å². The van der Waals surface area contributed by atoms with Crippen LogP contribution in [0.15, 0.2) is 16.7 Å². The highest BCUT2D eigenvalue weighted by Gasteiger charge is 2.15. The predicted molar refractivity (Wildman–Crippen MR) is 86.8 cm³/mol. The Labute approximate surface area is 133 Å². The minimum absolute atomic E-state index is 0.0468. The molecule has 4 nitrogen and oxygen atoms in total. The first-order valence-electron chi connectivity index (χ1n) is 6.75. The lowest BCUT2D eigenvalue weighted by atomic mass is 9.88. The molecule has 0 bridgehead atoms. The fraction of sp³-hybridized carbons (Fsp3) is 0.571. The second kappa shape index (κ2) is 8.60. The third kappa shape index (κ3) is 5.77. The Kier molecular flexibility index (Phi) is 7.48. The average Bonchev–Trinajstić information content (AvgIpc) is 2.38. The first kappa shape index (κ1) is 17.4. The number of nitrogens with two attached hydrogens (primary N) is 1. The molecular weight excluding hydrogens is 342 g/mol. The van der Waals surface area contributed by atoms with Crippen molar-refractivity contribution in [1.29, 1.82) is 0 Å². The minimum atomic E-state index is -0.0468. The third-order valence-electron chi connectivity index (χ3n) is 3.30. The van der Waals surface area contributed by atoms with Crippen molar-refractivity contribution in [2.75, 3.05) is 11.9 Å². The molecule has 0 aliphatic rings. The number of halogens is 2. The van der Waals surface area contributed by atoms with Gasteiger partial charge in [-0.1, -0.05) is 25.4 Å². The third-order valence-corrected chi connectivity index (χ3v) is 4.04. The number of hydrogen-bond acceptors (Lipinski definition) is 3. The van der Waals surface area contributed by atoms with Gasteiger partial charge in [0, 0.05) is 17.1 Å². The first-order valence-corrected chi connectivity index (χ1v) is 7.92. The Morgan fingerprint density at radius 1 is 1.50 bits per heavy atom. The molecule has 0 saturated carbocycles. The van der Waals surface area contributed by atoms with E-state index in [9.17, 15) is 4.79 Å². The molecule has 1 rings (SSSR count). The van der Waals surface area contributed by atoms with Gasteiger partial charge >= 0.3 is 0 Å². The van der Waals surface area contributed by atoms with Crippen molar-refractivity contribution in [1.82, 2.24) is 4.98 Å². The predicted octanol–water partition coefficient (Wildman–Crippen LogP) is 3.84. The molecule has 0 aliphatic heterocycles. The molecule has 1 heterocycles. The molecule has 6 heteroatoms. The second-order valence-electron chi connectivity index (χ2n) is 5.16. The zero-order chi connectivity index (χ0) is 15.1. The van der Waals surface area contributed by atoms with E-state index in [0.29, 0.717) is 35.6 Å². The largest absolute Gasteiger partial charge is 0.330 e. The van der Waals surface area contributed by atoms with Crippen molar-refractivity contribution in [3.8, 4) is 0 Å². The summed E-state index contributed by atoms with van der Waals surface area (Å²) in [5, 5.41) is 3.09. The maximum atomic E-state index is 12.0. The summed E-state index contributed by atoms with van der Waals surface area (Å²) in [6, 6.07) is 1.74. The molecule has 20 heavy (non-hydrogen) atoms. The van der Waals surface area contributed by atoms with E-state index in [1.807, 2.05) is 0 Å². The molecule has 0 saturated heterocycles. The van der Waals surface area contributed by atoms with E-state index in [1.54, 1.807) is 12.3 Å². The van der Waals surface area contributed by atoms with Crippen LogP contribution in [-0.4, -0.2) is 17.4 Å². The van der Waals surface area contributed by atoms with Gasteiger partial charge in [0.05, 0.1) is 5.69 Å². The highest BCUT2D eigenvalue weighted by molar-refractivity contribution is 9.10. The van der Waals surface area contributed by atoms with Crippen LogP contribution in [0, 0.1) is 11.8 Å². The fourth-order valence-corrected chi connectivity index (χ4v) is 2.55. The molecule has 1 atom stereocenters. The van der Waals surface area contributed by atoms with Crippen molar-refractivity contribution in [2.45, 2.75) is 33.1 Å². The molecule has 1 unspecified atom stereocenters. The fourth-order valence-electron chi connectivity index (χ4n) is 2.06. The van der Waals surface area contributed by atoms with E-state index in [4.69, 9.17) is 17.3 Å². The maximum Gasteiger partial charge on any atom is 0.224 e. The number of aromatic nitrogens is 1. The van der Waals surface area contributed by atoms with Crippen molar-refractivity contribution < 1.29 is 4.79 Å². The van der Waals surface area contributed by atoms with Crippen LogP contribution in [0.25, 0.3) is 0 Å². The van der Waals surface area contributed by atoms with Gasteiger partial charge in [-0.3, -0.25) is 4.79 Å². The lowest BCUT2D eigenvalue weighted by Gasteiger charge is -2.19. The molecule has 3 N–H and O–H groups in total. The normalized spacial score (nSPS) is 12.5. The van der Waals surface area contributed by atoms with Gasteiger partial charge in [-0.15, -0.1) is 0 Å². The SMILES string of the molecule is CC(C)C(CCN)CCC(=O)Nc1cc(Br)cnc1Cl. The maximum absolute atomic E-state index is 12.0. The number of pyridine rings is 1. The summed E-state index contributed by atoms with van der Waals surface area (Å²) >= 11 is 9.24. The summed E-state index contributed by atoms with van der Waals surface area (Å²) in [5.74, 6) is 0.957. The zero-order valence-corrected chi connectivity index (χ0v) is 14.2. The monoisotopic (exact) mass is 361 g/mol. The second-order valence-corrected chi connectivity index (χ2v) is 6.43. The van der Waals surface area contributed by atoms with Gasteiger partial charge in [-0.2, -0.15) is 0 Å². The first-order chi connectivity index (χ1) is 9.43. The Bertz CT molecular complexity index is 454. The number of nitrogens with zero attached hydrogens (tertiary/aromatic N) is 1. The molecule has 1 amide bonds. The van der Waals surface area contributed by atoms with Crippen LogP contribution in [-0.2, 0) is 4.79 Å². The van der Waals surface area contributed by atoms with E-state index in [2.05, 4.69) is 40.1 Å². The molecular formula is C14H21BrClN3O. The van der Waals surface area contributed by atoms with E-state index in [1.165, 1.54) is 0 Å². The van der Waals surface area contributed by atoms with Crippen LogP contribution in [0.4, 0.5) is 5.69 Å². The van der Waals surface area contributed by atoms with Crippen molar-refractivity contribution in [2.24, 2.45) is 17.6 Å². The quantitative estimate of drug-likeness (QED) is 0.724. The van der Waals surface area contributed by atoms with Crippen LogP contribution < -0.4 is 11.1 Å². The number of carbonyl (C=O) groups excluding carboxylic acids is 1. The van der Waals surface area contributed by atoms with Gasteiger partial charge in [-0.25, -0.2) is 4.98 Å². The van der Waals surface area contributed by atoms with Crippen molar-refractivity contribution in [3.05, 3.63) is 21.9 Å². The van der Waals surface area contributed by atoms with Gasteiger partial charge in [0.2, 0.25) is 5.91 Å². The highest BCUT2D eigenvalue weighted by Crippen LogP contribution is 2.24. The van der Waals surface area contributed by atoms with Crippen LogP contribution >= 0.6 is 27.5 Å². The Hall–Kier alpha value is -0.650. The molecule has 1 aromatic rings. The minimum Gasteiger partial charge on any atom is -0.330 e. The Morgan fingerprint density at radius 2 is 2.20 bits per heavy atom. The number of hydrogen-bond donors (Lipinski definition) is 2. The van der Waals surface area contributed by atoms with Crippen molar-refractivity contribution in [3.63, 3.8) is 0 Å². The van der Waals surface area contributed by atoms with Gasteiger partial charge < -0.3 is 11.1 Å². The number of nitrogens with one attached hydrogen (secondary N) is 1. The van der Waals surface area contributed by atoms with Crippen molar-refractivity contribution >= 4 is 39.1 Å². The molecule has 0 spiro atoms. The van der Waals surface area contributed by atoms with E-state index < -0.39 is 0 Å². The molecule has 0 fully saturated rings. The Balaban J connectivity index is 2.53. The lowest BCUT2D eigenvalue weighted by Crippen LogP contribution is -2.18. The summed E-state index contributed by atoms with van der Waals surface area (Å²) < 4.78 is 0.778. The molecule has 0 aromatic carbocycles. The van der Waals surface area contributed by atoms with Crippen LogP contribution in [0.1, 0.15) is 33.1 Å². The number of carbonyl (C=O) groups is 1. The van der Waals surface area contributed by atoms with Gasteiger partial charge in [0.1, 0.15) is 0 Å². The smallest absolute Gasteiger partial charge is 0.224 e. The standard InChI is InChI=1S/C14H21BrClN3O/c1-9(2)10(5-6-17)3-4-13(20)19-12-7-11(15)8-18-14(12)16/h7-10H,3-6,17H2,1-2H3,(H,19,20). The zero-order valence-electron chi connectivity index (χ0n) is 11.8. The van der Waals surface area contributed by atoms with E-state index in [-0.39, 0.29) is 5.91 Å². The molecule has 0 radical (unpaired) electrons. The number of amides is 1. The van der Waals surface area contributed by atoms with E-state index >= 15 is 0 Å². The highest BCUT2D eigenvalue weighted by atomic mass is 79.9. The number of rotatable bonds is 7. The molecule has 1 aromatic heterocycles. The van der Waals surface area contributed by atoms with E-state index in [0.717, 1.165) is 17.3 Å². The van der Waals surface area contributed by atoms with Gasteiger partial charge in [0.25, 0.3) is 0 Å². The van der Waals surface area contributed by atoms with Crippen LogP contribution in [0.3, 0.4) is 0 Å². The average molecular weight is 363 g/mol. The number of anilines is 1. The lowest BCUT2D eigenvalue weighted by molar-refractivity contribution is -0.116. The van der Waals surface area contributed by atoms with Crippen LogP contribution in [0.2, 0.25) is 5.15 Å². The summed E-state index contributed by atoms with van der Waals surface area (Å²) in [4.78, 5) is 15.9. The summed E-state index contributed by atoms with van der Waals surface area (Å²) in [6.45, 7) is 4.98. The summed E-state index contributed by atoms with van der Waals surface area (Å²) in [6.07, 6.45) is 3.84. The van der Waals surface area contributed by atoms with Gasteiger partial charge in [-0.05, 0) is 53.2 Å². The Morgan fingerprint density at radius 3 is 2.80 bits per heavy atom. The summed E-state index contributed by atoms with van der Waals surface area (Å²) in [5.41, 5.74) is 6.14. The van der Waals surface area contributed by atoms with Crippen LogP contribution in [0.5, 0.6) is 0 Å². The summed E-state index contributed by atoms with van der Waals surface area (Å²) in [7, 11) is 0. The molecule has 112 valence electrons.